The molecule has 0 saturated carbocycles. The first-order chi connectivity index (χ1) is 13.2. The average Bonchev–Trinajstić information content (AvgIpc) is 3.43. The van der Waals surface area contributed by atoms with E-state index in [1.807, 2.05) is 17.5 Å². The van der Waals surface area contributed by atoms with Gasteiger partial charge in [-0.3, -0.25) is 4.79 Å². The van der Waals surface area contributed by atoms with Gasteiger partial charge in [-0.05, 0) is 47.8 Å². The van der Waals surface area contributed by atoms with Gasteiger partial charge in [-0.15, -0.1) is 16.4 Å². The molecule has 4 aromatic heterocycles. The van der Waals surface area contributed by atoms with Gasteiger partial charge in [0.05, 0.1) is 4.88 Å². The Kier molecular flexibility index (Phi) is 3.73. The average molecular weight is 395 g/mol. The third-order valence-electron chi connectivity index (χ3n) is 3.95. The standard InChI is InChI=1S/C19H10FN3O2S2/c20-12-5-3-11(4-6-12)14-8-7-13(25-14)10-16-18(24)23-19(27-16)21-17(22-23)15-2-1-9-26-15/h1-10H/b16-10-. The van der Waals surface area contributed by atoms with E-state index < -0.39 is 0 Å². The van der Waals surface area contributed by atoms with E-state index in [9.17, 15) is 9.18 Å². The predicted molar refractivity (Wildman–Crippen MR) is 103 cm³/mol. The first kappa shape index (κ1) is 16.1. The SMILES string of the molecule is O=c1/c(=C/c2ccc(-c3ccc(F)cc3)o2)sc2nc(-c3cccs3)nn12. The number of benzene rings is 1. The lowest BCUT2D eigenvalue weighted by Gasteiger charge is -1.95. The number of hydrogen-bond donors (Lipinski definition) is 0. The summed E-state index contributed by atoms with van der Waals surface area (Å²) in [7, 11) is 0. The fourth-order valence-electron chi connectivity index (χ4n) is 2.67. The molecule has 0 bridgehead atoms. The van der Waals surface area contributed by atoms with Crippen LogP contribution in [0.3, 0.4) is 0 Å². The van der Waals surface area contributed by atoms with Gasteiger partial charge in [0.15, 0.2) is 5.82 Å². The Morgan fingerprint density at radius 3 is 2.70 bits per heavy atom. The normalized spacial score (nSPS) is 12.3. The van der Waals surface area contributed by atoms with Crippen molar-refractivity contribution in [3.63, 3.8) is 0 Å². The molecule has 0 unspecified atom stereocenters. The van der Waals surface area contributed by atoms with E-state index in [1.54, 1.807) is 30.3 Å². The van der Waals surface area contributed by atoms with Gasteiger partial charge in [-0.1, -0.05) is 17.4 Å². The number of aromatic nitrogens is 3. The van der Waals surface area contributed by atoms with Crippen LogP contribution in [-0.4, -0.2) is 14.6 Å². The number of thiophene rings is 1. The highest BCUT2D eigenvalue weighted by molar-refractivity contribution is 7.15. The first-order valence-corrected chi connectivity index (χ1v) is 9.68. The molecule has 0 aliphatic rings. The molecular weight excluding hydrogens is 385 g/mol. The lowest BCUT2D eigenvalue weighted by molar-refractivity contribution is 0.571. The van der Waals surface area contributed by atoms with Crippen LogP contribution in [0.1, 0.15) is 5.76 Å². The maximum atomic E-state index is 13.0. The highest BCUT2D eigenvalue weighted by Gasteiger charge is 2.13. The number of furan rings is 1. The number of nitrogens with zero attached hydrogens (tertiary/aromatic N) is 3. The van der Waals surface area contributed by atoms with Crippen molar-refractivity contribution in [1.29, 1.82) is 0 Å². The monoisotopic (exact) mass is 395 g/mol. The summed E-state index contributed by atoms with van der Waals surface area (Å²) in [5.41, 5.74) is 0.534. The lowest BCUT2D eigenvalue weighted by Crippen LogP contribution is -2.23. The van der Waals surface area contributed by atoms with Crippen molar-refractivity contribution in [2.24, 2.45) is 0 Å². The van der Waals surface area contributed by atoms with Gasteiger partial charge >= 0.3 is 0 Å². The molecule has 27 heavy (non-hydrogen) atoms. The Balaban J connectivity index is 1.53. The molecule has 0 spiro atoms. The van der Waals surface area contributed by atoms with Gasteiger partial charge in [0.1, 0.15) is 21.9 Å². The van der Waals surface area contributed by atoms with Crippen LogP contribution in [0.25, 0.3) is 33.1 Å². The Labute approximate surface area is 159 Å². The quantitative estimate of drug-likeness (QED) is 0.466. The van der Waals surface area contributed by atoms with Crippen LogP contribution in [0.15, 0.2) is 63.1 Å². The molecule has 4 heterocycles. The van der Waals surface area contributed by atoms with Crippen LogP contribution >= 0.6 is 22.7 Å². The van der Waals surface area contributed by atoms with Crippen molar-refractivity contribution >= 4 is 33.7 Å². The minimum Gasteiger partial charge on any atom is -0.457 e. The smallest absolute Gasteiger partial charge is 0.291 e. The molecule has 0 aliphatic carbocycles. The largest absolute Gasteiger partial charge is 0.457 e. The minimum atomic E-state index is -0.301. The van der Waals surface area contributed by atoms with Crippen molar-refractivity contribution in [3.05, 3.63) is 80.4 Å². The van der Waals surface area contributed by atoms with Crippen molar-refractivity contribution in [2.75, 3.05) is 0 Å². The summed E-state index contributed by atoms with van der Waals surface area (Å²) < 4.78 is 20.6. The summed E-state index contributed by atoms with van der Waals surface area (Å²) >= 11 is 2.79. The minimum absolute atomic E-state index is 0.231. The molecule has 0 amide bonds. The molecular formula is C19H10FN3O2S2. The van der Waals surface area contributed by atoms with Crippen LogP contribution in [0.5, 0.6) is 0 Å². The lowest BCUT2D eigenvalue weighted by atomic mass is 10.2. The first-order valence-electron chi connectivity index (χ1n) is 7.98. The fourth-order valence-corrected chi connectivity index (χ4v) is 4.21. The molecule has 0 atom stereocenters. The summed E-state index contributed by atoms with van der Waals surface area (Å²) in [6, 6.07) is 13.4. The molecule has 132 valence electrons. The van der Waals surface area contributed by atoms with Crippen LogP contribution in [0.2, 0.25) is 0 Å². The van der Waals surface area contributed by atoms with Gasteiger partial charge in [0, 0.05) is 11.6 Å². The van der Waals surface area contributed by atoms with E-state index in [1.165, 1.54) is 39.3 Å². The Bertz CT molecular complexity index is 1350. The van der Waals surface area contributed by atoms with Gasteiger partial charge < -0.3 is 4.42 Å². The van der Waals surface area contributed by atoms with E-state index in [2.05, 4.69) is 10.1 Å². The number of hydrogen-bond acceptors (Lipinski definition) is 6. The molecule has 0 saturated heterocycles. The van der Waals surface area contributed by atoms with E-state index in [-0.39, 0.29) is 11.4 Å². The molecule has 5 nitrogen and oxygen atoms in total. The van der Waals surface area contributed by atoms with Crippen LogP contribution < -0.4 is 10.1 Å². The maximum absolute atomic E-state index is 13.0. The Hall–Kier alpha value is -3.10. The second-order valence-corrected chi connectivity index (χ2v) is 7.69. The highest BCUT2D eigenvalue weighted by atomic mass is 32.1. The zero-order valence-corrected chi connectivity index (χ0v) is 15.3. The number of rotatable bonds is 3. The molecule has 1 aromatic carbocycles. The predicted octanol–water partition coefficient (Wildman–Crippen LogP) is 3.83. The third-order valence-corrected chi connectivity index (χ3v) is 5.78. The molecule has 0 N–H and O–H groups in total. The second kappa shape index (κ2) is 6.26. The Morgan fingerprint density at radius 2 is 1.96 bits per heavy atom. The van der Waals surface area contributed by atoms with E-state index >= 15 is 0 Å². The molecule has 0 aliphatic heterocycles. The molecule has 5 aromatic rings. The summed E-state index contributed by atoms with van der Waals surface area (Å²) in [5, 5.41) is 6.25. The van der Waals surface area contributed by atoms with Crippen LogP contribution in [0.4, 0.5) is 4.39 Å². The van der Waals surface area contributed by atoms with E-state index in [4.69, 9.17) is 4.42 Å². The topological polar surface area (TPSA) is 60.4 Å². The number of thiazole rings is 1. The van der Waals surface area contributed by atoms with Gasteiger partial charge in [0.25, 0.3) is 5.56 Å². The summed E-state index contributed by atoms with van der Waals surface area (Å²) in [4.78, 5) is 18.5. The molecule has 8 heteroatoms. The van der Waals surface area contributed by atoms with E-state index in [0.29, 0.717) is 26.8 Å². The highest BCUT2D eigenvalue weighted by Crippen LogP contribution is 2.23. The summed E-state index contributed by atoms with van der Waals surface area (Å²) in [6.45, 7) is 0. The van der Waals surface area contributed by atoms with Crippen LogP contribution in [-0.2, 0) is 0 Å². The van der Waals surface area contributed by atoms with Crippen molar-refractivity contribution < 1.29 is 8.81 Å². The van der Waals surface area contributed by atoms with Crippen LogP contribution in [0, 0.1) is 5.82 Å². The van der Waals surface area contributed by atoms with E-state index in [0.717, 1.165) is 10.4 Å². The fraction of sp³-hybridized carbons (Fsp3) is 0. The van der Waals surface area contributed by atoms with Gasteiger partial charge in [-0.25, -0.2) is 4.39 Å². The molecule has 0 radical (unpaired) electrons. The summed E-state index contributed by atoms with van der Waals surface area (Å²) in [6.07, 6.45) is 1.67. The zero-order valence-electron chi connectivity index (χ0n) is 13.6. The molecule has 0 fully saturated rings. The number of fused-ring (bicyclic) bond motifs is 1. The molecule has 5 rings (SSSR count). The third kappa shape index (κ3) is 2.88. The Morgan fingerprint density at radius 1 is 1.11 bits per heavy atom. The number of halogens is 1. The van der Waals surface area contributed by atoms with Crippen molar-refractivity contribution in [1.82, 2.24) is 14.6 Å². The second-order valence-electron chi connectivity index (χ2n) is 5.73. The maximum Gasteiger partial charge on any atom is 0.291 e. The van der Waals surface area contributed by atoms with Gasteiger partial charge in [-0.2, -0.15) is 9.50 Å². The van der Waals surface area contributed by atoms with Crippen molar-refractivity contribution in [3.8, 4) is 22.0 Å². The van der Waals surface area contributed by atoms with Crippen molar-refractivity contribution in [2.45, 2.75) is 0 Å². The van der Waals surface area contributed by atoms with Gasteiger partial charge in [0.2, 0.25) is 4.96 Å². The summed E-state index contributed by atoms with van der Waals surface area (Å²) in [5.74, 6) is 1.39. The zero-order chi connectivity index (χ0) is 18.4.